The average molecular weight is 416 g/mol. The molecule has 4 nitrogen and oxygen atoms in total. The van der Waals surface area contributed by atoms with Crippen molar-refractivity contribution in [3.8, 4) is 0 Å². The number of rotatable bonds is 3. The van der Waals surface area contributed by atoms with Crippen molar-refractivity contribution in [2.24, 2.45) is 0 Å². The number of amides is 1. The van der Waals surface area contributed by atoms with Gasteiger partial charge in [0.1, 0.15) is 11.4 Å². The summed E-state index contributed by atoms with van der Waals surface area (Å²) in [7, 11) is 0. The molecule has 0 fully saturated rings. The van der Waals surface area contributed by atoms with Gasteiger partial charge in [-0.15, -0.1) is 0 Å². The molecule has 1 heterocycles. The molecule has 0 aliphatic rings. The van der Waals surface area contributed by atoms with Crippen molar-refractivity contribution in [1.82, 2.24) is 4.98 Å². The van der Waals surface area contributed by atoms with E-state index in [0.717, 1.165) is 5.56 Å². The van der Waals surface area contributed by atoms with Gasteiger partial charge in [-0.2, -0.15) is 4.39 Å². The van der Waals surface area contributed by atoms with Gasteiger partial charge >= 0.3 is 6.09 Å². The van der Waals surface area contributed by atoms with Gasteiger partial charge in [0.05, 0.1) is 11.0 Å². The fraction of sp³-hybridized carbons (Fsp3) is 0.294. The van der Waals surface area contributed by atoms with E-state index in [1.807, 2.05) is 0 Å². The lowest BCUT2D eigenvalue weighted by Gasteiger charge is -2.27. The maximum atomic E-state index is 13.8. The maximum absolute atomic E-state index is 13.8. The Hall–Kier alpha value is -1.66. The largest absolute Gasteiger partial charge is 0.443 e. The zero-order valence-electron chi connectivity index (χ0n) is 13.5. The van der Waals surface area contributed by atoms with E-state index >= 15 is 0 Å². The number of benzene rings is 1. The number of carbonyl (C=O) groups excluding carboxylic acids is 1. The van der Waals surface area contributed by atoms with Crippen molar-refractivity contribution >= 4 is 39.4 Å². The van der Waals surface area contributed by atoms with Crippen molar-refractivity contribution in [1.29, 1.82) is 0 Å². The monoisotopic (exact) mass is 414 g/mol. The second-order valence-electron chi connectivity index (χ2n) is 6.14. The predicted molar refractivity (Wildman–Crippen MR) is 95.8 cm³/mol. The normalized spacial score (nSPS) is 11.2. The van der Waals surface area contributed by atoms with Crippen molar-refractivity contribution < 1.29 is 13.9 Å². The molecule has 2 aromatic rings. The molecule has 0 atom stereocenters. The van der Waals surface area contributed by atoms with Gasteiger partial charge in [-0.05, 0) is 66.5 Å². The summed E-state index contributed by atoms with van der Waals surface area (Å²) >= 11 is 8.93. The zero-order chi connectivity index (χ0) is 17.9. The van der Waals surface area contributed by atoms with Crippen LogP contribution in [-0.2, 0) is 11.3 Å². The molecule has 0 aliphatic carbocycles. The SMILES string of the molecule is CC(C)(C)OC(=O)N(Cc1ccc(Cl)cc1)c1ccc(Br)c(F)n1. The molecule has 2 rings (SSSR count). The summed E-state index contributed by atoms with van der Waals surface area (Å²) < 4.78 is 19.4. The third kappa shape index (κ3) is 5.18. The fourth-order valence-electron chi connectivity index (χ4n) is 1.89. The van der Waals surface area contributed by atoms with Gasteiger partial charge in [0.2, 0.25) is 5.95 Å². The Labute approximate surface area is 153 Å². The number of ether oxygens (including phenoxy) is 1. The minimum atomic E-state index is -0.697. The molecular weight excluding hydrogens is 399 g/mol. The molecule has 0 spiro atoms. The van der Waals surface area contributed by atoms with Crippen molar-refractivity contribution in [2.75, 3.05) is 4.90 Å². The number of aromatic nitrogens is 1. The highest BCUT2D eigenvalue weighted by Crippen LogP contribution is 2.23. The number of hydrogen-bond donors (Lipinski definition) is 0. The Morgan fingerprint density at radius 3 is 2.42 bits per heavy atom. The lowest BCUT2D eigenvalue weighted by atomic mass is 10.2. The van der Waals surface area contributed by atoms with Gasteiger partial charge < -0.3 is 4.74 Å². The van der Waals surface area contributed by atoms with Crippen LogP contribution in [0.5, 0.6) is 0 Å². The molecule has 1 aromatic carbocycles. The summed E-state index contributed by atoms with van der Waals surface area (Å²) in [5.41, 5.74) is 0.138. The molecule has 7 heteroatoms. The van der Waals surface area contributed by atoms with Crippen LogP contribution in [0.2, 0.25) is 5.02 Å². The van der Waals surface area contributed by atoms with Gasteiger partial charge in [0, 0.05) is 5.02 Å². The third-order valence-corrected chi connectivity index (χ3v) is 3.78. The van der Waals surface area contributed by atoms with Crippen LogP contribution in [0.25, 0.3) is 0 Å². The Kier molecular flexibility index (Phi) is 5.83. The minimum absolute atomic E-state index is 0.167. The third-order valence-electron chi connectivity index (χ3n) is 2.93. The Morgan fingerprint density at radius 2 is 1.88 bits per heavy atom. The molecule has 0 N–H and O–H groups in total. The minimum Gasteiger partial charge on any atom is -0.443 e. The fourth-order valence-corrected chi connectivity index (χ4v) is 2.23. The smallest absolute Gasteiger partial charge is 0.416 e. The van der Waals surface area contributed by atoms with Crippen LogP contribution in [0, 0.1) is 5.95 Å². The first-order valence-electron chi connectivity index (χ1n) is 7.23. The van der Waals surface area contributed by atoms with Gasteiger partial charge in [0.25, 0.3) is 0 Å². The van der Waals surface area contributed by atoms with Crippen LogP contribution >= 0.6 is 27.5 Å². The summed E-state index contributed by atoms with van der Waals surface area (Å²) in [6.45, 7) is 5.48. The molecule has 0 bridgehead atoms. The number of halogens is 3. The van der Waals surface area contributed by atoms with Crippen LogP contribution in [0.3, 0.4) is 0 Å². The van der Waals surface area contributed by atoms with E-state index in [0.29, 0.717) is 5.02 Å². The van der Waals surface area contributed by atoms with Crippen molar-refractivity contribution in [3.05, 3.63) is 57.4 Å². The van der Waals surface area contributed by atoms with Gasteiger partial charge in [0.15, 0.2) is 0 Å². The average Bonchev–Trinajstić information content (AvgIpc) is 2.48. The molecule has 1 amide bonds. The Balaban J connectivity index is 2.34. The molecule has 0 aliphatic heterocycles. The molecular formula is C17H17BrClFN2O2. The molecule has 24 heavy (non-hydrogen) atoms. The molecule has 1 aromatic heterocycles. The molecule has 128 valence electrons. The lowest BCUT2D eigenvalue weighted by Crippen LogP contribution is -2.37. The van der Waals surface area contributed by atoms with Crippen LogP contribution in [-0.4, -0.2) is 16.7 Å². The van der Waals surface area contributed by atoms with E-state index in [4.69, 9.17) is 16.3 Å². The number of pyridine rings is 1. The van der Waals surface area contributed by atoms with Gasteiger partial charge in [-0.25, -0.2) is 9.78 Å². The quantitative estimate of drug-likeness (QED) is 0.615. The summed E-state index contributed by atoms with van der Waals surface area (Å²) in [5, 5.41) is 0.593. The Morgan fingerprint density at radius 1 is 1.25 bits per heavy atom. The summed E-state index contributed by atoms with van der Waals surface area (Å²) in [6, 6.07) is 10.1. The van der Waals surface area contributed by atoms with Crippen LogP contribution in [0.1, 0.15) is 26.3 Å². The second-order valence-corrected chi connectivity index (χ2v) is 7.43. The first-order chi connectivity index (χ1) is 11.2. The first kappa shape index (κ1) is 18.7. The number of hydrogen-bond acceptors (Lipinski definition) is 3. The summed E-state index contributed by atoms with van der Waals surface area (Å²) in [6.07, 6.45) is -0.605. The summed E-state index contributed by atoms with van der Waals surface area (Å²) in [4.78, 5) is 17.6. The number of anilines is 1. The van der Waals surface area contributed by atoms with E-state index in [1.54, 1.807) is 51.1 Å². The second kappa shape index (κ2) is 7.49. The molecule has 0 saturated heterocycles. The molecule has 0 radical (unpaired) electrons. The van der Waals surface area contributed by atoms with E-state index in [9.17, 15) is 9.18 Å². The number of nitrogens with zero attached hydrogens (tertiary/aromatic N) is 2. The van der Waals surface area contributed by atoms with Gasteiger partial charge in [-0.3, -0.25) is 4.90 Å². The summed E-state index contributed by atoms with van der Waals surface area (Å²) in [5.74, 6) is -0.530. The first-order valence-corrected chi connectivity index (χ1v) is 8.40. The van der Waals surface area contributed by atoms with E-state index < -0.39 is 17.6 Å². The molecule has 0 saturated carbocycles. The topological polar surface area (TPSA) is 42.4 Å². The van der Waals surface area contributed by atoms with Crippen LogP contribution in [0.15, 0.2) is 40.9 Å². The van der Waals surface area contributed by atoms with E-state index in [-0.39, 0.29) is 16.8 Å². The highest BCUT2D eigenvalue weighted by molar-refractivity contribution is 9.10. The van der Waals surface area contributed by atoms with Crippen LogP contribution in [0.4, 0.5) is 15.0 Å². The van der Waals surface area contributed by atoms with Gasteiger partial charge in [-0.1, -0.05) is 23.7 Å². The van der Waals surface area contributed by atoms with Crippen molar-refractivity contribution in [3.63, 3.8) is 0 Å². The highest BCUT2D eigenvalue weighted by atomic mass is 79.9. The lowest BCUT2D eigenvalue weighted by molar-refractivity contribution is 0.0576. The zero-order valence-corrected chi connectivity index (χ0v) is 15.9. The predicted octanol–water partition coefficient (Wildman–Crippen LogP) is 5.58. The number of carbonyl (C=O) groups is 1. The van der Waals surface area contributed by atoms with E-state index in [1.165, 1.54) is 11.0 Å². The highest BCUT2D eigenvalue weighted by Gasteiger charge is 2.25. The standard InChI is InChI=1S/C17H17BrClFN2O2/c1-17(2,3)24-16(23)22(10-11-4-6-12(19)7-5-11)14-9-8-13(18)15(20)21-14/h4-9H,10H2,1-3H3. The molecule has 0 unspecified atom stereocenters. The maximum Gasteiger partial charge on any atom is 0.416 e. The van der Waals surface area contributed by atoms with E-state index in [2.05, 4.69) is 20.9 Å². The Bertz CT molecular complexity index is 732. The van der Waals surface area contributed by atoms with Crippen LogP contribution < -0.4 is 4.90 Å². The van der Waals surface area contributed by atoms with Crippen molar-refractivity contribution in [2.45, 2.75) is 32.9 Å².